The van der Waals surface area contributed by atoms with Crippen LogP contribution in [0.25, 0.3) is 6.08 Å². The summed E-state index contributed by atoms with van der Waals surface area (Å²) >= 11 is 0. The number of aryl methyl sites for hydroxylation is 1. The molecule has 8 atom stereocenters. The number of aromatic nitrogens is 2. The van der Waals surface area contributed by atoms with E-state index in [-0.39, 0.29) is 42.2 Å². The van der Waals surface area contributed by atoms with Crippen LogP contribution in [0.1, 0.15) is 91.4 Å². The third-order valence-electron chi connectivity index (χ3n) is 13.9. The smallest absolute Gasteiger partial charge is 0.355 e. The number of nitrogens with one attached hydrogen (secondary N) is 1. The molecule has 8 rings (SSSR count). The predicted molar refractivity (Wildman–Crippen MR) is 233 cm³/mol. The number of phenolic OH excluding ortho intramolecular Hbond substituents is 3. The number of anilines is 1. The Hall–Kier alpha value is -5.79. The van der Waals surface area contributed by atoms with Crippen LogP contribution < -0.4 is 9.64 Å². The quantitative estimate of drug-likeness (QED) is 0.0492. The Labute approximate surface area is 374 Å². The number of para-hydroxylation sites is 1. The summed E-state index contributed by atoms with van der Waals surface area (Å²) in [5.74, 6) is -8.51. The van der Waals surface area contributed by atoms with Crippen LogP contribution in [0.5, 0.6) is 23.0 Å². The molecule has 3 heterocycles. The van der Waals surface area contributed by atoms with E-state index in [1.165, 1.54) is 24.3 Å². The van der Waals surface area contributed by atoms with Crippen molar-refractivity contribution in [3.05, 3.63) is 112 Å². The van der Waals surface area contributed by atoms with Gasteiger partial charge in [-0.25, -0.2) is 9.78 Å². The van der Waals surface area contributed by atoms with Crippen molar-refractivity contribution in [1.29, 1.82) is 0 Å². The number of aromatic amines is 1. The fraction of sp³-hybridized carbons (Fsp3) is 0.438. The van der Waals surface area contributed by atoms with Crippen molar-refractivity contribution in [3.63, 3.8) is 0 Å². The van der Waals surface area contributed by atoms with Gasteiger partial charge in [-0.3, -0.25) is 9.69 Å². The molecule has 17 nitrogen and oxygen atoms in total. The van der Waals surface area contributed by atoms with Crippen molar-refractivity contribution in [2.45, 2.75) is 112 Å². The third kappa shape index (κ3) is 7.73. The highest BCUT2D eigenvalue weighted by molar-refractivity contribution is 6.13. The van der Waals surface area contributed by atoms with Crippen LogP contribution in [0.4, 0.5) is 5.69 Å². The van der Waals surface area contributed by atoms with E-state index in [0.717, 1.165) is 41.6 Å². The van der Waals surface area contributed by atoms with Crippen molar-refractivity contribution in [2.75, 3.05) is 18.1 Å². The molecule has 4 aliphatic rings. The summed E-state index contributed by atoms with van der Waals surface area (Å²) in [5, 5.41) is 109. The number of carbonyl (C=O) groups is 2. The highest BCUT2D eigenvalue weighted by Gasteiger charge is 2.68. The summed E-state index contributed by atoms with van der Waals surface area (Å²) in [4.78, 5) is 38.0. The van der Waals surface area contributed by atoms with Crippen molar-refractivity contribution < 1.29 is 70.1 Å². The van der Waals surface area contributed by atoms with Crippen LogP contribution >= 0.6 is 0 Å². The van der Waals surface area contributed by atoms with E-state index in [2.05, 4.69) is 9.97 Å². The number of hydrogen-bond donors (Lipinski definition) is 11. The number of amides is 1. The lowest BCUT2D eigenvalue weighted by molar-refractivity contribution is -0.422. The number of rotatable bonds is 14. The van der Waals surface area contributed by atoms with Gasteiger partial charge >= 0.3 is 11.9 Å². The zero-order valence-electron chi connectivity index (χ0n) is 35.7. The molecule has 1 saturated heterocycles. The maximum absolute atomic E-state index is 15.1. The number of aromatic hydroxyl groups is 3. The van der Waals surface area contributed by atoms with Crippen LogP contribution in [-0.2, 0) is 32.6 Å². The molecule has 65 heavy (non-hydrogen) atoms. The number of allylic oxidation sites excluding steroid dienone is 1. The van der Waals surface area contributed by atoms with Gasteiger partial charge in [-0.1, -0.05) is 56.0 Å². The minimum atomic E-state index is -3.17. The highest BCUT2D eigenvalue weighted by Crippen LogP contribution is 2.67. The molecular weight excluding hydrogens is 843 g/mol. The number of nitrogens with zero attached hydrogens (tertiary/aromatic N) is 2. The number of aliphatic hydroxyl groups is 6. The molecule has 4 aromatic rings. The van der Waals surface area contributed by atoms with E-state index in [1.54, 1.807) is 42.7 Å². The van der Waals surface area contributed by atoms with E-state index < -0.39 is 83.2 Å². The van der Waals surface area contributed by atoms with E-state index in [0.29, 0.717) is 47.9 Å². The van der Waals surface area contributed by atoms with Gasteiger partial charge in [0, 0.05) is 53.3 Å². The van der Waals surface area contributed by atoms with Gasteiger partial charge in [-0.15, -0.1) is 0 Å². The lowest BCUT2D eigenvalue weighted by Crippen LogP contribution is -2.67. The first kappa shape index (κ1) is 45.8. The molecule has 1 aromatic heterocycles. The molecule has 11 N–H and O–H groups in total. The predicted octanol–water partition coefficient (Wildman–Crippen LogP) is 3.38. The molecule has 346 valence electrons. The molecule has 2 fully saturated rings. The zero-order valence-corrected chi connectivity index (χ0v) is 35.7. The van der Waals surface area contributed by atoms with E-state index in [1.807, 2.05) is 13.0 Å². The molecule has 1 amide bonds. The molecule has 0 radical (unpaired) electrons. The monoisotopic (exact) mass is 897 g/mol. The maximum atomic E-state index is 15.1. The molecule has 2 aliphatic carbocycles. The topological polar surface area (TPSA) is 287 Å². The van der Waals surface area contributed by atoms with Crippen LogP contribution in [-0.4, -0.2) is 122 Å². The van der Waals surface area contributed by atoms with Crippen LogP contribution in [0.3, 0.4) is 0 Å². The second kappa shape index (κ2) is 17.9. The van der Waals surface area contributed by atoms with Gasteiger partial charge < -0.3 is 65.5 Å². The average Bonchev–Trinajstić information content (AvgIpc) is 3.97. The van der Waals surface area contributed by atoms with Gasteiger partial charge in [0.1, 0.15) is 29.8 Å². The fourth-order valence-corrected chi connectivity index (χ4v) is 10.9. The van der Waals surface area contributed by atoms with Crippen molar-refractivity contribution in [3.8, 4) is 23.0 Å². The van der Waals surface area contributed by atoms with E-state index in [9.17, 15) is 55.9 Å². The van der Waals surface area contributed by atoms with Gasteiger partial charge in [0.05, 0.1) is 24.3 Å². The Bertz CT molecular complexity index is 2500. The Morgan fingerprint density at radius 3 is 2.40 bits per heavy atom. The number of phenols is 3. The molecule has 3 aromatic carbocycles. The highest BCUT2D eigenvalue weighted by atomic mass is 16.8. The minimum Gasteiger partial charge on any atom is -0.508 e. The number of carbonyl (C=O) groups excluding carboxylic acids is 1. The van der Waals surface area contributed by atoms with Crippen molar-refractivity contribution >= 4 is 23.6 Å². The summed E-state index contributed by atoms with van der Waals surface area (Å²) in [5.41, 5.74) is 0.986. The van der Waals surface area contributed by atoms with E-state index in [4.69, 9.17) is 9.47 Å². The second-order valence-corrected chi connectivity index (χ2v) is 17.5. The third-order valence-corrected chi connectivity index (χ3v) is 13.9. The van der Waals surface area contributed by atoms with Crippen molar-refractivity contribution in [2.24, 2.45) is 5.92 Å². The largest absolute Gasteiger partial charge is 0.508 e. The Morgan fingerprint density at radius 2 is 1.71 bits per heavy atom. The SMILES string of the molecule is CCc1nc[nH]c1Cc1cc(/C=C/C(=O)N2c3cc(O[C@]4(O)O[C@H](CO)[C@@H](O)[C@H](O)[C@H]4O)c(O)cc3[C@H]3[C@H](C4(c5ccccc5O)CCCCC4)C(CCCO)=C[C@]32C(=O)O)ccc1O. The fourth-order valence-electron chi connectivity index (χ4n) is 10.9. The molecule has 1 saturated carbocycles. The average molecular weight is 898 g/mol. The first-order valence-electron chi connectivity index (χ1n) is 21.9. The summed E-state index contributed by atoms with van der Waals surface area (Å²) in [7, 11) is 0. The number of imidazole rings is 1. The van der Waals surface area contributed by atoms with Gasteiger partial charge in [0.25, 0.3) is 5.91 Å². The second-order valence-electron chi connectivity index (χ2n) is 17.5. The lowest BCUT2D eigenvalue weighted by Gasteiger charge is -2.47. The summed E-state index contributed by atoms with van der Waals surface area (Å²) in [6, 6.07) is 14.0. The Balaban J connectivity index is 1.30. The molecule has 2 aliphatic heterocycles. The number of carboxylic acid groups (broad SMARTS) is 1. The minimum absolute atomic E-state index is 0.0123. The van der Waals surface area contributed by atoms with Crippen LogP contribution in [0.15, 0.2) is 78.6 Å². The number of hydrogen-bond acceptors (Lipinski definition) is 14. The van der Waals surface area contributed by atoms with Gasteiger partial charge in [-0.2, -0.15) is 0 Å². The lowest BCUT2D eigenvalue weighted by atomic mass is 9.56. The first-order chi connectivity index (χ1) is 31.1. The summed E-state index contributed by atoms with van der Waals surface area (Å²) < 4.78 is 11.0. The number of H-pyrrole nitrogens is 1. The molecule has 0 bridgehead atoms. The number of aliphatic hydroxyl groups excluding tert-OH is 5. The number of benzene rings is 3. The number of fused-ring (bicyclic) bond motifs is 3. The normalized spacial score (nSPS) is 28.2. The number of aliphatic carboxylic acids is 1. The zero-order chi connectivity index (χ0) is 46.4. The molecular formula is C48H55N3O14. The standard InChI is InChI=1S/C48H55N3O14/c1-2-31-32(50-25-49-31)20-28-19-26(12-14-34(28)54)13-15-39(57)51-33-22-37(64-48(63)44(60)43(59)42(58)38(24-53)65-48)36(56)21-29(33)41-40(27(9-8-18-52)23-47(41,51)45(61)62)46(16-6-3-7-17-46)30-10-4-5-11-35(30)55/h4-5,10-15,19,21-23,25,38,40-44,52-56,58-60,63H,2-3,6-9,16-18,20,24H2,1H3,(H,49,50)(H,61,62)/b15-13+/t38-,40-,41+,42-,43+,44-,47-,48+/m1/s1. The van der Waals surface area contributed by atoms with Crippen LogP contribution in [0.2, 0.25) is 0 Å². The summed E-state index contributed by atoms with van der Waals surface area (Å²) in [6.45, 7) is 0.831. The van der Waals surface area contributed by atoms with Gasteiger partial charge in [0.2, 0.25) is 0 Å². The van der Waals surface area contributed by atoms with Crippen molar-refractivity contribution in [1.82, 2.24) is 9.97 Å². The van der Waals surface area contributed by atoms with Gasteiger partial charge in [-0.05, 0) is 85.6 Å². The van der Waals surface area contributed by atoms with Crippen LogP contribution in [0, 0.1) is 5.92 Å². The van der Waals surface area contributed by atoms with E-state index >= 15 is 4.79 Å². The Morgan fingerprint density at radius 1 is 0.954 bits per heavy atom. The molecule has 0 spiro atoms. The summed E-state index contributed by atoms with van der Waals surface area (Å²) in [6.07, 6.45) is 2.80. The maximum Gasteiger partial charge on any atom is 0.355 e. The Kier molecular flexibility index (Phi) is 12.6. The molecule has 17 heteroatoms. The first-order valence-corrected chi connectivity index (χ1v) is 21.9. The number of carboxylic acids is 1. The van der Waals surface area contributed by atoms with Gasteiger partial charge in [0.15, 0.2) is 23.1 Å². The number of ether oxygens (including phenoxy) is 2. The molecule has 0 unspecified atom stereocenters.